The highest BCUT2D eigenvalue weighted by Crippen LogP contribution is 2.29. The Bertz CT molecular complexity index is 533. The molecule has 1 aromatic heterocycles. The molecule has 0 aliphatic heterocycles. The second kappa shape index (κ2) is 8.30. The van der Waals surface area contributed by atoms with Gasteiger partial charge < -0.3 is 25.0 Å². The van der Waals surface area contributed by atoms with Gasteiger partial charge in [0.2, 0.25) is 5.88 Å². The van der Waals surface area contributed by atoms with Gasteiger partial charge in [0.1, 0.15) is 5.60 Å². The Balaban J connectivity index is 2.10. The van der Waals surface area contributed by atoms with Crippen molar-refractivity contribution in [3.63, 3.8) is 0 Å². The maximum absolute atomic E-state index is 11.6. The third-order valence-corrected chi connectivity index (χ3v) is 2.70. The molecule has 0 saturated carbocycles. The zero-order valence-corrected chi connectivity index (χ0v) is 13.6. The molecule has 0 spiro atoms. The smallest absolute Gasteiger partial charge is 0.407 e. The van der Waals surface area contributed by atoms with Gasteiger partial charge in [-0.15, -0.1) is 0 Å². The van der Waals surface area contributed by atoms with Gasteiger partial charge in [-0.3, -0.25) is 9.78 Å². The zero-order valence-electron chi connectivity index (χ0n) is 13.6. The van der Waals surface area contributed by atoms with Crippen molar-refractivity contribution in [3.8, 4) is 17.5 Å². The molecule has 0 aliphatic rings. The van der Waals surface area contributed by atoms with E-state index >= 15 is 0 Å². The molecular weight excluding hydrogens is 304 g/mol. The molecule has 1 amide bonds. The van der Waals surface area contributed by atoms with E-state index in [0.717, 1.165) is 12.5 Å². The number of carbonyl (C=O) groups is 2. The first-order chi connectivity index (χ1) is 10.7. The molecule has 8 heteroatoms. The van der Waals surface area contributed by atoms with Crippen LogP contribution in [0.15, 0.2) is 6.07 Å². The van der Waals surface area contributed by atoms with E-state index < -0.39 is 23.5 Å². The molecular formula is C15H24N2O6. The van der Waals surface area contributed by atoms with Gasteiger partial charge in [-0.05, 0) is 33.6 Å². The minimum atomic E-state index is -0.522. The Morgan fingerprint density at radius 1 is 1.22 bits per heavy atom. The number of esters is 1. The van der Waals surface area contributed by atoms with E-state index in [4.69, 9.17) is 14.6 Å². The lowest BCUT2D eigenvalue weighted by molar-refractivity contribution is -0.134. The molecule has 1 heterocycles. The molecule has 0 aliphatic carbocycles. The highest BCUT2D eigenvalue weighted by Gasteiger charge is 2.15. The number of hydrogen-bond acceptors (Lipinski definition) is 6. The summed E-state index contributed by atoms with van der Waals surface area (Å²) in [6, 6.07) is 1.12. The number of nitrogens with one attached hydrogen (secondary N) is 2. The van der Waals surface area contributed by atoms with Crippen LogP contribution in [0.3, 0.4) is 0 Å². The summed E-state index contributed by atoms with van der Waals surface area (Å²) in [6.07, 6.45) is 1.75. The number of unbranched alkanes of at least 4 members (excludes halogenated alkanes) is 2. The highest BCUT2D eigenvalue weighted by atomic mass is 16.6. The Hall–Kier alpha value is -2.38. The fraction of sp³-hybridized carbons (Fsp3) is 0.600. The number of H-pyrrole nitrogens is 1. The van der Waals surface area contributed by atoms with Gasteiger partial charge in [-0.1, -0.05) is 6.42 Å². The number of rotatable bonds is 7. The van der Waals surface area contributed by atoms with Crippen LogP contribution in [0.1, 0.15) is 46.5 Å². The Kier molecular flexibility index (Phi) is 6.74. The van der Waals surface area contributed by atoms with Crippen molar-refractivity contribution in [2.75, 3.05) is 6.54 Å². The van der Waals surface area contributed by atoms with E-state index in [9.17, 15) is 14.7 Å². The van der Waals surface area contributed by atoms with Crippen molar-refractivity contribution in [2.24, 2.45) is 0 Å². The molecule has 23 heavy (non-hydrogen) atoms. The summed E-state index contributed by atoms with van der Waals surface area (Å²) in [5.74, 6) is -1.27. The molecule has 0 bridgehead atoms. The van der Waals surface area contributed by atoms with Crippen molar-refractivity contribution >= 4 is 12.1 Å². The summed E-state index contributed by atoms with van der Waals surface area (Å²) in [4.78, 5) is 25.1. The SMILES string of the molecule is CC(C)(C)OC(=O)NCCCCCC(=O)Oc1cc(O)[nH]c1O. The molecule has 0 atom stereocenters. The van der Waals surface area contributed by atoms with E-state index in [1.54, 1.807) is 20.8 Å². The van der Waals surface area contributed by atoms with Crippen LogP contribution < -0.4 is 10.1 Å². The summed E-state index contributed by atoms with van der Waals surface area (Å²) >= 11 is 0. The first-order valence-corrected chi connectivity index (χ1v) is 7.46. The monoisotopic (exact) mass is 328 g/mol. The lowest BCUT2D eigenvalue weighted by atomic mass is 10.2. The number of aromatic hydroxyl groups is 2. The van der Waals surface area contributed by atoms with Gasteiger partial charge in [-0.2, -0.15) is 0 Å². The predicted octanol–water partition coefficient (Wildman–Crippen LogP) is 2.42. The molecule has 1 aromatic rings. The van der Waals surface area contributed by atoms with Gasteiger partial charge >= 0.3 is 12.1 Å². The van der Waals surface area contributed by atoms with E-state index in [1.807, 2.05) is 0 Å². The Morgan fingerprint density at radius 2 is 1.91 bits per heavy atom. The van der Waals surface area contributed by atoms with E-state index in [-0.39, 0.29) is 18.1 Å². The molecule has 0 fully saturated rings. The van der Waals surface area contributed by atoms with Crippen LogP contribution in [-0.2, 0) is 9.53 Å². The van der Waals surface area contributed by atoms with Gasteiger partial charge in [-0.25, -0.2) is 4.79 Å². The predicted molar refractivity (Wildman–Crippen MR) is 82.5 cm³/mol. The molecule has 0 radical (unpaired) electrons. The number of carbonyl (C=O) groups excluding carboxylic acids is 2. The summed E-state index contributed by atoms with van der Waals surface area (Å²) in [5.41, 5.74) is -0.522. The lowest BCUT2D eigenvalue weighted by Crippen LogP contribution is -2.33. The molecule has 1 rings (SSSR count). The Labute approximate surface area is 134 Å². The molecule has 130 valence electrons. The first-order valence-electron chi connectivity index (χ1n) is 7.46. The Morgan fingerprint density at radius 3 is 2.48 bits per heavy atom. The third kappa shape index (κ3) is 7.98. The summed E-state index contributed by atoms with van der Waals surface area (Å²) < 4.78 is 9.99. The van der Waals surface area contributed by atoms with Crippen LogP contribution in [0.2, 0.25) is 0 Å². The van der Waals surface area contributed by atoms with Crippen molar-refractivity contribution in [2.45, 2.75) is 52.1 Å². The number of aromatic amines is 1. The fourth-order valence-corrected chi connectivity index (χ4v) is 1.74. The van der Waals surface area contributed by atoms with Crippen molar-refractivity contribution in [1.82, 2.24) is 10.3 Å². The van der Waals surface area contributed by atoms with Crippen LogP contribution in [-0.4, -0.2) is 39.4 Å². The average molecular weight is 328 g/mol. The van der Waals surface area contributed by atoms with Crippen molar-refractivity contribution in [1.29, 1.82) is 0 Å². The number of ether oxygens (including phenoxy) is 2. The number of hydrogen-bond donors (Lipinski definition) is 4. The van der Waals surface area contributed by atoms with Crippen molar-refractivity contribution in [3.05, 3.63) is 6.07 Å². The van der Waals surface area contributed by atoms with Gasteiger partial charge in [0.15, 0.2) is 11.6 Å². The zero-order chi connectivity index (χ0) is 17.5. The topological polar surface area (TPSA) is 121 Å². The second-order valence-electron chi connectivity index (χ2n) is 6.08. The van der Waals surface area contributed by atoms with E-state index in [0.29, 0.717) is 19.4 Å². The molecule has 4 N–H and O–H groups in total. The third-order valence-electron chi connectivity index (χ3n) is 2.70. The van der Waals surface area contributed by atoms with Crippen LogP contribution in [0.5, 0.6) is 17.5 Å². The van der Waals surface area contributed by atoms with Gasteiger partial charge in [0.25, 0.3) is 0 Å². The molecule has 0 unspecified atom stereocenters. The quantitative estimate of drug-likeness (QED) is 0.450. The van der Waals surface area contributed by atoms with E-state index in [1.165, 1.54) is 0 Å². The first kappa shape index (κ1) is 18.7. The minimum Gasteiger partial charge on any atom is -0.494 e. The number of aromatic nitrogens is 1. The standard InChI is InChI=1S/C15H24N2O6/c1-15(2,3)23-14(21)16-8-6-4-5-7-12(19)22-10-9-11(18)17-13(10)20/h9,17-18,20H,4-8H2,1-3H3,(H,16,21). The number of alkyl carbamates (subject to hydrolysis) is 1. The highest BCUT2D eigenvalue weighted by molar-refractivity contribution is 5.73. The maximum atomic E-state index is 11.6. The fourth-order valence-electron chi connectivity index (χ4n) is 1.74. The summed E-state index contributed by atoms with van der Waals surface area (Å²) in [6.45, 7) is 5.84. The van der Waals surface area contributed by atoms with Crippen LogP contribution in [0.4, 0.5) is 4.79 Å². The minimum absolute atomic E-state index is 0.0981. The molecule has 8 nitrogen and oxygen atoms in total. The summed E-state index contributed by atoms with van der Waals surface area (Å²) in [7, 11) is 0. The lowest BCUT2D eigenvalue weighted by Gasteiger charge is -2.19. The van der Waals surface area contributed by atoms with E-state index in [2.05, 4.69) is 10.3 Å². The van der Waals surface area contributed by atoms with Crippen LogP contribution >= 0.6 is 0 Å². The maximum Gasteiger partial charge on any atom is 0.407 e. The summed E-state index contributed by atoms with van der Waals surface area (Å²) in [5, 5.41) is 21.0. The van der Waals surface area contributed by atoms with Gasteiger partial charge in [0.05, 0.1) is 0 Å². The van der Waals surface area contributed by atoms with Gasteiger partial charge in [0, 0.05) is 19.0 Å². The second-order valence-corrected chi connectivity index (χ2v) is 6.08. The van der Waals surface area contributed by atoms with Crippen molar-refractivity contribution < 1.29 is 29.3 Å². The van der Waals surface area contributed by atoms with Crippen LogP contribution in [0.25, 0.3) is 0 Å². The normalized spacial score (nSPS) is 11.1. The average Bonchev–Trinajstić information content (AvgIpc) is 2.69. The largest absolute Gasteiger partial charge is 0.494 e. The van der Waals surface area contributed by atoms with Crippen LogP contribution in [0, 0.1) is 0 Å². The molecule has 0 saturated heterocycles. The molecule has 0 aromatic carbocycles. The number of amides is 1.